The van der Waals surface area contributed by atoms with Crippen LogP contribution in [0.5, 0.6) is 5.75 Å². The average molecular weight is 354 g/mol. The second-order valence-corrected chi connectivity index (χ2v) is 6.82. The van der Waals surface area contributed by atoms with Gasteiger partial charge in [0.15, 0.2) is 0 Å². The molecule has 1 amide bonds. The Morgan fingerprint density at radius 1 is 1.12 bits per heavy atom. The minimum Gasteiger partial charge on any atom is -0.495 e. The molecule has 138 valence electrons. The Labute approximate surface area is 154 Å². The van der Waals surface area contributed by atoms with Crippen molar-refractivity contribution >= 4 is 17.4 Å². The molecule has 0 saturated heterocycles. The van der Waals surface area contributed by atoms with Crippen molar-refractivity contribution in [2.45, 2.75) is 52.0 Å². The highest BCUT2D eigenvalue weighted by molar-refractivity contribution is 6.04. The third kappa shape index (κ3) is 4.50. The van der Waals surface area contributed by atoms with Crippen molar-refractivity contribution in [2.75, 3.05) is 17.7 Å². The Kier molecular flexibility index (Phi) is 5.71. The van der Waals surface area contributed by atoms with Crippen LogP contribution in [0.15, 0.2) is 24.3 Å². The lowest BCUT2D eigenvalue weighted by molar-refractivity contribution is 0.102. The van der Waals surface area contributed by atoms with Gasteiger partial charge in [0.2, 0.25) is 0 Å². The van der Waals surface area contributed by atoms with E-state index in [1.54, 1.807) is 20.1 Å². The second-order valence-electron chi connectivity index (χ2n) is 6.82. The van der Waals surface area contributed by atoms with Gasteiger partial charge in [-0.3, -0.25) is 4.79 Å². The molecule has 26 heavy (non-hydrogen) atoms. The average Bonchev–Trinajstić information content (AvgIpc) is 2.62. The van der Waals surface area contributed by atoms with E-state index >= 15 is 0 Å². The molecule has 0 atom stereocenters. The van der Waals surface area contributed by atoms with E-state index in [1.165, 1.54) is 19.3 Å². The van der Waals surface area contributed by atoms with Gasteiger partial charge in [0.1, 0.15) is 23.1 Å². The van der Waals surface area contributed by atoms with Crippen LogP contribution in [0.25, 0.3) is 0 Å². The lowest BCUT2D eigenvalue weighted by atomic mass is 9.95. The van der Waals surface area contributed by atoms with Crippen molar-refractivity contribution in [1.82, 2.24) is 9.97 Å². The van der Waals surface area contributed by atoms with E-state index in [4.69, 9.17) is 4.74 Å². The highest BCUT2D eigenvalue weighted by Crippen LogP contribution is 2.26. The summed E-state index contributed by atoms with van der Waals surface area (Å²) < 4.78 is 5.33. The first kappa shape index (κ1) is 18.2. The molecule has 0 aliphatic heterocycles. The fourth-order valence-corrected chi connectivity index (χ4v) is 3.32. The molecule has 6 heteroatoms. The molecule has 0 bridgehead atoms. The van der Waals surface area contributed by atoms with Gasteiger partial charge in [0, 0.05) is 12.1 Å². The Morgan fingerprint density at radius 2 is 1.88 bits per heavy atom. The van der Waals surface area contributed by atoms with Gasteiger partial charge in [-0.25, -0.2) is 9.97 Å². The van der Waals surface area contributed by atoms with Crippen molar-refractivity contribution in [3.05, 3.63) is 41.3 Å². The largest absolute Gasteiger partial charge is 0.495 e. The molecule has 1 aliphatic rings. The molecule has 6 nitrogen and oxygen atoms in total. The number of methoxy groups -OCH3 is 1. The molecule has 2 N–H and O–H groups in total. The fraction of sp³-hybridized carbons (Fsp3) is 0.450. The molecule has 1 aliphatic carbocycles. The van der Waals surface area contributed by atoms with Crippen LogP contribution in [0.3, 0.4) is 0 Å². The number of hydrogen-bond acceptors (Lipinski definition) is 5. The normalized spacial score (nSPS) is 14.7. The van der Waals surface area contributed by atoms with E-state index in [2.05, 4.69) is 20.6 Å². The number of hydrogen-bond donors (Lipinski definition) is 2. The Bertz CT molecular complexity index is 785. The monoisotopic (exact) mass is 354 g/mol. The first-order valence-electron chi connectivity index (χ1n) is 9.13. The van der Waals surface area contributed by atoms with Crippen LogP contribution in [-0.2, 0) is 0 Å². The summed E-state index contributed by atoms with van der Waals surface area (Å²) in [5.41, 5.74) is 2.02. The molecular weight excluding hydrogens is 328 g/mol. The van der Waals surface area contributed by atoms with Crippen molar-refractivity contribution < 1.29 is 9.53 Å². The second kappa shape index (κ2) is 8.17. The van der Waals surface area contributed by atoms with Crippen LogP contribution in [0.1, 0.15) is 54.0 Å². The van der Waals surface area contributed by atoms with Crippen LogP contribution in [0.2, 0.25) is 0 Å². The number of carbonyl (C=O) groups is 1. The molecule has 1 saturated carbocycles. The summed E-state index contributed by atoms with van der Waals surface area (Å²) >= 11 is 0. The first-order valence-corrected chi connectivity index (χ1v) is 9.13. The topological polar surface area (TPSA) is 76.1 Å². The number of aryl methyl sites for hydroxylation is 2. The number of ether oxygens (including phenoxy) is 1. The van der Waals surface area contributed by atoms with E-state index in [0.717, 1.165) is 18.4 Å². The molecule has 2 aromatic rings. The zero-order chi connectivity index (χ0) is 18.5. The van der Waals surface area contributed by atoms with Crippen molar-refractivity contribution in [1.29, 1.82) is 0 Å². The molecule has 1 aromatic carbocycles. The number of anilines is 2. The minimum absolute atomic E-state index is 0.272. The summed E-state index contributed by atoms with van der Waals surface area (Å²) in [5, 5.41) is 6.35. The van der Waals surface area contributed by atoms with E-state index in [0.29, 0.717) is 34.8 Å². The third-order valence-electron chi connectivity index (χ3n) is 4.63. The zero-order valence-corrected chi connectivity index (χ0v) is 15.6. The number of nitrogens with zero attached hydrogens (tertiary/aromatic N) is 2. The molecular formula is C20H26N4O2. The maximum atomic E-state index is 12.7. The molecule has 0 unspecified atom stereocenters. The summed E-state index contributed by atoms with van der Waals surface area (Å²) in [4.78, 5) is 21.4. The summed E-state index contributed by atoms with van der Waals surface area (Å²) in [5.74, 6) is 1.64. The van der Waals surface area contributed by atoms with Crippen LogP contribution in [0.4, 0.5) is 11.5 Å². The summed E-state index contributed by atoms with van der Waals surface area (Å²) in [7, 11) is 1.58. The molecule has 0 spiro atoms. The maximum absolute atomic E-state index is 12.7. The number of benzene rings is 1. The van der Waals surface area contributed by atoms with E-state index < -0.39 is 0 Å². The predicted octanol–water partition coefficient (Wildman–Crippen LogP) is 4.10. The van der Waals surface area contributed by atoms with E-state index in [-0.39, 0.29) is 5.91 Å². The van der Waals surface area contributed by atoms with Gasteiger partial charge < -0.3 is 15.4 Å². The third-order valence-corrected chi connectivity index (χ3v) is 4.63. The highest BCUT2D eigenvalue weighted by atomic mass is 16.5. The van der Waals surface area contributed by atoms with Gasteiger partial charge in [0.05, 0.1) is 12.8 Å². The van der Waals surface area contributed by atoms with Gasteiger partial charge in [-0.15, -0.1) is 0 Å². The van der Waals surface area contributed by atoms with Crippen molar-refractivity contribution in [3.8, 4) is 5.75 Å². The van der Waals surface area contributed by atoms with Gasteiger partial charge in [-0.05, 0) is 44.4 Å². The van der Waals surface area contributed by atoms with E-state index in [9.17, 15) is 4.79 Å². The fourth-order valence-electron chi connectivity index (χ4n) is 3.32. The SMILES string of the molecule is COc1ccc(C)cc1NC(=O)c1cc(NC2CCCCC2)nc(C)n1. The standard InChI is InChI=1S/C20H26N4O2/c1-13-9-10-18(26-3)16(11-13)24-20(25)17-12-19(22-14(2)21-17)23-15-7-5-4-6-8-15/h9-12,15H,4-8H2,1-3H3,(H,24,25)(H,21,22,23). The van der Waals surface area contributed by atoms with Crippen molar-refractivity contribution in [2.24, 2.45) is 0 Å². The highest BCUT2D eigenvalue weighted by Gasteiger charge is 2.17. The Morgan fingerprint density at radius 3 is 2.62 bits per heavy atom. The zero-order valence-electron chi connectivity index (χ0n) is 15.6. The summed E-state index contributed by atoms with van der Waals surface area (Å²) in [6.45, 7) is 3.77. The van der Waals surface area contributed by atoms with Gasteiger partial charge >= 0.3 is 0 Å². The molecule has 1 heterocycles. The number of nitrogens with one attached hydrogen (secondary N) is 2. The summed E-state index contributed by atoms with van der Waals surface area (Å²) in [6.07, 6.45) is 6.06. The number of aromatic nitrogens is 2. The van der Waals surface area contributed by atoms with Gasteiger partial charge in [0.25, 0.3) is 5.91 Å². The van der Waals surface area contributed by atoms with Crippen LogP contribution in [0, 0.1) is 13.8 Å². The van der Waals surface area contributed by atoms with Crippen LogP contribution < -0.4 is 15.4 Å². The Balaban J connectivity index is 1.77. The van der Waals surface area contributed by atoms with Crippen LogP contribution >= 0.6 is 0 Å². The minimum atomic E-state index is -0.272. The maximum Gasteiger partial charge on any atom is 0.274 e. The first-order chi connectivity index (χ1) is 12.5. The number of rotatable bonds is 5. The lowest BCUT2D eigenvalue weighted by Gasteiger charge is -2.23. The molecule has 1 aromatic heterocycles. The predicted molar refractivity (Wildman–Crippen MR) is 103 cm³/mol. The smallest absolute Gasteiger partial charge is 0.274 e. The molecule has 1 fully saturated rings. The van der Waals surface area contributed by atoms with Crippen LogP contribution in [-0.4, -0.2) is 29.0 Å². The number of amides is 1. The number of carbonyl (C=O) groups excluding carboxylic acids is 1. The Hall–Kier alpha value is -2.63. The molecule has 0 radical (unpaired) electrons. The summed E-state index contributed by atoms with van der Waals surface area (Å²) in [6, 6.07) is 7.80. The van der Waals surface area contributed by atoms with Crippen molar-refractivity contribution in [3.63, 3.8) is 0 Å². The van der Waals surface area contributed by atoms with Gasteiger partial charge in [-0.1, -0.05) is 25.3 Å². The lowest BCUT2D eigenvalue weighted by Crippen LogP contribution is -2.24. The van der Waals surface area contributed by atoms with E-state index in [1.807, 2.05) is 25.1 Å². The quantitative estimate of drug-likeness (QED) is 0.845. The van der Waals surface area contributed by atoms with Gasteiger partial charge in [-0.2, -0.15) is 0 Å². The molecule has 3 rings (SSSR count).